The molecule has 1 aromatic carbocycles. The molecule has 1 amide bonds. The van der Waals surface area contributed by atoms with E-state index in [1.807, 2.05) is 13.8 Å². The van der Waals surface area contributed by atoms with E-state index in [1.54, 1.807) is 0 Å². The van der Waals surface area contributed by atoms with Gasteiger partial charge in [0, 0.05) is 12.5 Å². The summed E-state index contributed by atoms with van der Waals surface area (Å²) in [5, 5.41) is 0. The summed E-state index contributed by atoms with van der Waals surface area (Å²) in [6, 6.07) is 8.78. The Kier molecular flexibility index (Phi) is 6.15. The third-order valence-electron chi connectivity index (χ3n) is 5.22. The van der Waals surface area contributed by atoms with E-state index < -0.39 is 5.60 Å². The van der Waals surface area contributed by atoms with Gasteiger partial charge in [0.15, 0.2) is 11.5 Å². The molecule has 4 N–H and O–H groups in total. The zero-order valence-corrected chi connectivity index (χ0v) is 17.3. The molecule has 0 saturated heterocycles. The Bertz CT molecular complexity index is 896. The minimum absolute atomic E-state index is 0.333. The lowest BCUT2D eigenvalue weighted by Crippen LogP contribution is -2.41. The lowest BCUT2D eigenvalue weighted by molar-refractivity contribution is -0.115. The molecule has 2 aliphatic rings. The van der Waals surface area contributed by atoms with Crippen molar-refractivity contribution in [3.05, 3.63) is 41.7 Å². The zero-order chi connectivity index (χ0) is 21.0. The van der Waals surface area contributed by atoms with Crippen LogP contribution in [0.3, 0.4) is 0 Å². The highest BCUT2D eigenvalue weighted by atomic mass is 16.5. The quantitative estimate of drug-likeness (QED) is 0.800. The van der Waals surface area contributed by atoms with Gasteiger partial charge in [0.25, 0.3) is 0 Å². The smallest absolute Gasteiger partial charge is 0.246 e. The lowest BCUT2D eigenvalue weighted by Gasteiger charge is -2.32. The van der Waals surface area contributed by atoms with Crippen LogP contribution in [-0.2, 0) is 4.79 Å². The van der Waals surface area contributed by atoms with E-state index in [2.05, 4.69) is 40.0 Å². The molecule has 2 heterocycles. The van der Waals surface area contributed by atoms with Crippen LogP contribution in [0.25, 0.3) is 0 Å². The molecule has 2 aromatic rings. The van der Waals surface area contributed by atoms with Gasteiger partial charge in [-0.15, -0.1) is 0 Å². The van der Waals surface area contributed by atoms with E-state index in [1.165, 1.54) is 50.9 Å². The molecule has 1 aromatic heterocycles. The number of nitrogens with zero attached hydrogens (tertiary/aromatic N) is 3. The van der Waals surface area contributed by atoms with Crippen molar-refractivity contribution < 1.29 is 9.53 Å². The number of hydrogen-bond donors (Lipinski definition) is 2. The van der Waals surface area contributed by atoms with Crippen LogP contribution in [0.4, 0.5) is 11.5 Å². The number of nitrogens with two attached hydrogens (primary N) is 2. The molecule has 0 atom stereocenters. The lowest BCUT2D eigenvalue weighted by atomic mass is 9.83. The summed E-state index contributed by atoms with van der Waals surface area (Å²) in [6.45, 7) is 5.31. The molecular weight excluding hydrogens is 366 g/mol. The normalized spacial score (nSPS) is 17.8. The number of primary amides is 1. The summed E-state index contributed by atoms with van der Waals surface area (Å²) in [4.78, 5) is 22.2. The number of fused-ring (bicyclic) bond motifs is 1. The summed E-state index contributed by atoms with van der Waals surface area (Å²) in [5.41, 5.74) is 13.7. The second kappa shape index (κ2) is 8.59. The number of aromatic nitrogens is 2. The van der Waals surface area contributed by atoms with Gasteiger partial charge in [0.2, 0.25) is 11.8 Å². The molecule has 7 heteroatoms. The Labute approximate surface area is 171 Å². The highest BCUT2D eigenvalue weighted by Gasteiger charge is 2.35. The van der Waals surface area contributed by atoms with Gasteiger partial charge in [0.1, 0.15) is 11.9 Å². The molecule has 29 heavy (non-hydrogen) atoms. The van der Waals surface area contributed by atoms with Crippen molar-refractivity contribution in [2.45, 2.75) is 64.4 Å². The van der Waals surface area contributed by atoms with Crippen LogP contribution in [-0.4, -0.2) is 27.2 Å². The van der Waals surface area contributed by atoms with Crippen molar-refractivity contribution in [3.8, 4) is 5.88 Å². The summed E-state index contributed by atoms with van der Waals surface area (Å²) < 4.78 is 6.05. The standard InChI is InChI=1S/C20H24N4O.C2H5NO/c1-20(2)17(24-16-18(21)22-12-23-19(16)25-20)15-10-8-14(9-11-15)13-6-4-3-5-7-13;1-2(3)4/h8-13H,3-7H2,1-2H3,(H2,21,22,23);1H3,(H2,3,4). The Balaban J connectivity index is 0.000000552. The van der Waals surface area contributed by atoms with Crippen LogP contribution >= 0.6 is 0 Å². The first kappa shape index (κ1) is 20.8. The van der Waals surface area contributed by atoms with Crippen LogP contribution in [0.15, 0.2) is 35.6 Å². The minimum Gasteiger partial charge on any atom is -0.463 e. The molecule has 0 spiro atoms. The number of carbonyl (C=O) groups is 1. The summed E-state index contributed by atoms with van der Waals surface area (Å²) in [7, 11) is 0. The first-order valence-corrected chi connectivity index (χ1v) is 10.0. The van der Waals surface area contributed by atoms with Crippen molar-refractivity contribution in [2.75, 3.05) is 5.73 Å². The predicted octanol–water partition coefficient (Wildman–Crippen LogP) is 3.89. The van der Waals surface area contributed by atoms with Gasteiger partial charge in [-0.1, -0.05) is 43.5 Å². The van der Waals surface area contributed by atoms with Gasteiger partial charge < -0.3 is 16.2 Å². The predicted molar refractivity (Wildman–Crippen MR) is 114 cm³/mol. The fourth-order valence-corrected chi connectivity index (χ4v) is 3.85. The maximum atomic E-state index is 9.22. The fourth-order valence-electron chi connectivity index (χ4n) is 3.85. The number of nitrogen functional groups attached to an aromatic ring is 1. The molecule has 1 aliphatic heterocycles. The SMILES string of the molecule is CC(N)=O.CC1(C)Oc2ncnc(N)c2N=C1c1ccc(C2CCCCC2)cc1. The highest BCUT2D eigenvalue weighted by molar-refractivity contribution is 6.09. The van der Waals surface area contributed by atoms with E-state index in [4.69, 9.17) is 15.5 Å². The highest BCUT2D eigenvalue weighted by Crippen LogP contribution is 2.39. The van der Waals surface area contributed by atoms with Crippen LogP contribution in [0, 0.1) is 0 Å². The number of benzene rings is 1. The van der Waals surface area contributed by atoms with E-state index >= 15 is 0 Å². The molecular formula is C22H29N5O2. The number of ether oxygens (including phenoxy) is 1. The van der Waals surface area contributed by atoms with E-state index in [0.717, 1.165) is 11.3 Å². The average Bonchev–Trinajstić information content (AvgIpc) is 2.67. The van der Waals surface area contributed by atoms with Crippen molar-refractivity contribution in [2.24, 2.45) is 10.7 Å². The van der Waals surface area contributed by atoms with E-state index in [0.29, 0.717) is 23.3 Å². The molecule has 7 nitrogen and oxygen atoms in total. The van der Waals surface area contributed by atoms with Gasteiger partial charge in [-0.3, -0.25) is 4.79 Å². The van der Waals surface area contributed by atoms with Gasteiger partial charge in [-0.05, 0) is 38.2 Å². The van der Waals surface area contributed by atoms with Gasteiger partial charge in [-0.2, -0.15) is 4.98 Å². The maximum absolute atomic E-state index is 9.22. The van der Waals surface area contributed by atoms with E-state index in [9.17, 15) is 4.79 Å². The molecule has 154 valence electrons. The Morgan fingerprint density at radius 1 is 1.10 bits per heavy atom. The minimum atomic E-state index is -0.569. The molecule has 0 bridgehead atoms. The number of anilines is 1. The topological polar surface area (TPSA) is 116 Å². The third kappa shape index (κ3) is 4.91. The van der Waals surface area contributed by atoms with Crippen LogP contribution in [0.5, 0.6) is 5.88 Å². The van der Waals surface area contributed by atoms with E-state index in [-0.39, 0.29) is 5.91 Å². The van der Waals surface area contributed by atoms with Crippen molar-refractivity contribution in [3.63, 3.8) is 0 Å². The monoisotopic (exact) mass is 395 g/mol. The second-order valence-corrected chi connectivity index (χ2v) is 8.05. The molecule has 0 unspecified atom stereocenters. The van der Waals surface area contributed by atoms with Crippen molar-refractivity contribution in [1.29, 1.82) is 0 Å². The number of amides is 1. The maximum Gasteiger partial charge on any atom is 0.246 e. The fraction of sp³-hybridized carbons (Fsp3) is 0.455. The third-order valence-corrected chi connectivity index (χ3v) is 5.22. The summed E-state index contributed by atoms with van der Waals surface area (Å²) >= 11 is 0. The summed E-state index contributed by atoms with van der Waals surface area (Å²) in [6.07, 6.45) is 8.07. The Morgan fingerprint density at radius 3 is 2.34 bits per heavy atom. The average molecular weight is 396 g/mol. The number of carbonyl (C=O) groups excluding carboxylic acids is 1. The molecule has 0 radical (unpaired) electrons. The zero-order valence-electron chi connectivity index (χ0n) is 17.3. The van der Waals surface area contributed by atoms with Crippen LogP contribution in [0.2, 0.25) is 0 Å². The molecule has 4 rings (SSSR count). The Morgan fingerprint density at radius 2 is 1.72 bits per heavy atom. The van der Waals surface area contributed by atoms with Crippen molar-refractivity contribution >= 4 is 23.1 Å². The molecule has 1 saturated carbocycles. The van der Waals surface area contributed by atoms with Crippen molar-refractivity contribution in [1.82, 2.24) is 9.97 Å². The second-order valence-electron chi connectivity index (χ2n) is 8.05. The summed E-state index contributed by atoms with van der Waals surface area (Å²) in [5.74, 6) is 1.15. The van der Waals surface area contributed by atoms with Crippen LogP contribution in [0.1, 0.15) is 69.9 Å². The molecule has 1 aliphatic carbocycles. The van der Waals surface area contributed by atoms with Gasteiger partial charge in [-0.25, -0.2) is 9.98 Å². The first-order chi connectivity index (χ1) is 13.8. The molecule has 1 fully saturated rings. The van der Waals surface area contributed by atoms with Crippen LogP contribution < -0.4 is 16.2 Å². The van der Waals surface area contributed by atoms with Gasteiger partial charge in [0.05, 0.1) is 5.71 Å². The Hall–Kier alpha value is -2.96. The number of hydrogen-bond acceptors (Lipinski definition) is 6. The van der Waals surface area contributed by atoms with Gasteiger partial charge >= 0.3 is 0 Å². The first-order valence-electron chi connectivity index (χ1n) is 10.0. The number of rotatable bonds is 2. The largest absolute Gasteiger partial charge is 0.463 e. The number of aliphatic imine (C=N–C) groups is 1.